The van der Waals surface area contributed by atoms with Gasteiger partial charge in [0.15, 0.2) is 0 Å². The summed E-state index contributed by atoms with van der Waals surface area (Å²) in [6.45, 7) is 1.58. The second-order valence-electron chi connectivity index (χ2n) is 3.92. The quantitative estimate of drug-likeness (QED) is 0.398. The first-order valence-electron chi connectivity index (χ1n) is 5.85. The van der Waals surface area contributed by atoms with E-state index in [4.69, 9.17) is 10.2 Å². The van der Waals surface area contributed by atoms with E-state index in [1.165, 1.54) is 6.92 Å². The molecule has 100 valence electrons. The van der Waals surface area contributed by atoms with Gasteiger partial charge in [0.05, 0.1) is 19.3 Å². The van der Waals surface area contributed by atoms with E-state index in [1.807, 2.05) is 0 Å². The lowest BCUT2D eigenvalue weighted by Crippen LogP contribution is -2.39. The van der Waals surface area contributed by atoms with Gasteiger partial charge in [-0.15, -0.1) is 0 Å². The Morgan fingerprint density at radius 2 is 1.76 bits per heavy atom. The molecule has 0 fully saturated rings. The molecule has 0 aliphatic rings. The number of rotatable bonds is 9. The predicted molar refractivity (Wildman–Crippen MR) is 63.3 cm³/mol. The Labute approximate surface area is 101 Å². The maximum Gasteiger partial charge on any atom is 0.220 e. The SMILES string of the molecule is CC(=O)NCCCCCC(=O)NC(CO)CO. The lowest BCUT2D eigenvalue weighted by atomic mass is 10.2. The highest BCUT2D eigenvalue weighted by atomic mass is 16.3. The fourth-order valence-electron chi connectivity index (χ4n) is 1.30. The van der Waals surface area contributed by atoms with Crippen molar-refractivity contribution in [3.8, 4) is 0 Å². The van der Waals surface area contributed by atoms with Gasteiger partial charge in [0.2, 0.25) is 11.8 Å². The maximum atomic E-state index is 11.3. The molecule has 0 aliphatic heterocycles. The van der Waals surface area contributed by atoms with Crippen LogP contribution in [-0.2, 0) is 9.59 Å². The molecular weight excluding hydrogens is 224 g/mol. The van der Waals surface area contributed by atoms with Crippen LogP contribution in [0.15, 0.2) is 0 Å². The summed E-state index contributed by atoms with van der Waals surface area (Å²) >= 11 is 0. The minimum atomic E-state index is -0.568. The third-order valence-electron chi connectivity index (χ3n) is 2.26. The smallest absolute Gasteiger partial charge is 0.220 e. The Hall–Kier alpha value is -1.14. The van der Waals surface area contributed by atoms with Crippen LogP contribution in [0.5, 0.6) is 0 Å². The Morgan fingerprint density at radius 3 is 2.29 bits per heavy atom. The van der Waals surface area contributed by atoms with E-state index in [9.17, 15) is 9.59 Å². The zero-order valence-corrected chi connectivity index (χ0v) is 10.2. The van der Waals surface area contributed by atoms with Crippen molar-refractivity contribution in [3.63, 3.8) is 0 Å². The van der Waals surface area contributed by atoms with Crippen LogP contribution in [0, 0.1) is 0 Å². The van der Waals surface area contributed by atoms with Crippen molar-refractivity contribution < 1.29 is 19.8 Å². The van der Waals surface area contributed by atoms with Gasteiger partial charge < -0.3 is 20.8 Å². The predicted octanol–water partition coefficient (Wildman–Crippen LogP) is -0.848. The van der Waals surface area contributed by atoms with E-state index in [0.29, 0.717) is 13.0 Å². The molecule has 0 atom stereocenters. The van der Waals surface area contributed by atoms with Gasteiger partial charge in [-0.1, -0.05) is 6.42 Å². The number of hydrogen-bond donors (Lipinski definition) is 4. The van der Waals surface area contributed by atoms with Crippen LogP contribution in [0.3, 0.4) is 0 Å². The molecule has 0 bridgehead atoms. The summed E-state index contributed by atoms with van der Waals surface area (Å²) in [5.74, 6) is -0.214. The zero-order valence-electron chi connectivity index (χ0n) is 10.2. The minimum Gasteiger partial charge on any atom is -0.394 e. The normalized spacial score (nSPS) is 10.4. The molecule has 0 saturated heterocycles. The van der Waals surface area contributed by atoms with Crippen molar-refractivity contribution in [2.45, 2.75) is 38.6 Å². The summed E-state index contributed by atoms with van der Waals surface area (Å²) in [5, 5.41) is 22.7. The van der Waals surface area contributed by atoms with Crippen molar-refractivity contribution in [2.24, 2.45) is 0 Å². The molecule has 0 aliphatic carbocycles. The van der Waals surface area contributed by atoms with E-state index < -0.39 is 6.04 Å². The Bertz CT molecular complexity index is 230. The summed E-state index contributed by atoms with van der Waals surface area (Å²) in [6, 6.07) is -0.568. The van der Waals surface area contributed by atoms with Crippen LogP contribution in [0.25, 0.3) is 0 Å². The van der Waals surface area contributed by atoms with Crippen molar-refractivity contribution in [3.05, 3.63) is 0 Å². The molecule has 0 rings (SSSR count). The van der Waals surface area contributed by atoms with Crippen molar-refractivity contribution in [1.82, 2.24) is 10.6 Å². The molecule has 17 heavy (non-hydrogen) atoms. The number of nitrogens with one attached hydrogen (secondary N) is 2. The lowest BCUT2D eigenvalue weighted by Gasteiger charge is -2.12. The fraction of sp³-hybridized carbons (Fsp3) is 0.818. The molecule has 6 nitrogen and oxygen atoms in total. The minimum absolute atomic E-state index is 0.0449. The average molecular weight is 246 g/mol. The Kier molecular flexibility index (Phi) is 9.37. The van der Waals surface area contributed by atoms with Gasteiger partial charge in [0.1, 0.15) is 0 Å². The lowest BCUT2D eigenvalue weighted by molar-refractivity contribution is -0.122. The fourth-order valence-corrected chi connectivity index (χ4v) is 1.30. The first-order chi connectivity index (χ1) is 8.10. The number of amides is 2. The van der Waals surface area contributed by atoms with Crippen LogP contribution < -0.4 is 10.6 Å². The van der Waals surface area contributed by atoms with E-state index >= 15 is 0 Å². The first-order valence-corrected chi connectivity index (χ1v) is 5.85. The standard InChI is InChI=1S/C11H22N2O4/c1-9(16)12-6-4-2-3-5-11(17)13-10(7-14)8-15/h10,14-15H,2-8H2,1H3,(H,12,16)(H,13,17). The van der Waals surface area contributed by atoms with Crippen LogP contribution in [0.4, 0.5) is 0 Å². The number of carbonyl (C=O) groups is 2. The summed E-state index contributed by atoms with van der Waals surface area (Å²) < 4.78 is 0. The first kappa shape index (κ1) is 15.9. The van der Waals surface area contributed by atoms with Gasteiger partial charge in [-0.2, -0.15) is 0 Å². The second kappa shape index (κ2) is 10.0. The molecule has 6 heteroatoms. The highest BCUT2D eigenvalue weighted by Gasteiger charge is 2.09. The highest BCUT2D eigenvalue weighted by Crippen LogP contribution is 1.99. The zero-order chi connectivity index (χ0) is 13.1. The van der Waals surface area contributed by atoms with E-state index in [-0.39, 0.29) is 25.0 Å². The summed E-state index contributed by atoms with van der Waals surface area (Å²) in [5.41, 5.74) is 0. The number of unbranched alkanes of at least 4 members (excludes halogenated alkanes) is 2. The molecule has 0 heterocycles. The third kappa shape index (κ3) is 9.77. The van der Waals surface area contributed by atoms with Crippen LogP contribution in [0.1, 0.15) is 32.6 Å². The molecule has 0 unspecified atom stereocenters. The number of aliphatic hydroxyl groups is 2. The van der Waals surface area contributed by atoms with E-state index in [0.717, 1.165) is 19.3 Å². The summed E-state index contributed by atoms with van der Waals surface area (Å²) in [4.78, 5) is 21.9. The van der Waals surface area contributed by atoms with Crippen LogP contribution >= 0.6 is 0 Å². The van der Waals surface area contributed by atoms with Gasteiger partial charge in [-0.25, -0.2) is 0 Å². The van der Waals surface area contributed by atoms with Gasteiger partial charge in [-0.3, -0.25) is 9.59 Å². The number of hydrogen-bond acceptors (Lipinski definition) is 4. The molecule has 0 aromatic heterocycles. The molecule has 2 amide bonds. The largest absolute Gasteiger partial charge is 0.394 e. The molecule has 0 radical (unpaired) electrons. The number of aliphatic hydroxyl groups excluding tert-OH is 2. The summed E-state index contributed by atoms with van der Waals surface area (Å²) in [7, 11) is 0. The molecule has 0 aromatic carbocycles. The van der Waals surface area contributed by atoms with Crippen LogP contribution in [0.2, 0.25) is 0 Å². The monoisotopic (exact) mass is 246 g/mol. The van der Waals surface area contributed by atoms with Gasteiger partial charge in [0.25, 0.3) is 0 Å². The van der Waals surface area contributed by atoms with Crippen molar-refractivity contribution >= 4 is 11.8 Å². The van der Waals surface area contributed by atoms with E-state index in [1.54, 1.807) is 0 Å². The second-order valence-corrected chi connectivity index (χ2v) is 3.92. The highest BCUT2D eigenvalue weighted by molar-refractivity contribution is 5.76. The molecule has 0 aromatic rings. The van der Waals surface area contributed by atoms with Crippen molar-refractivity contribution in [2.75, 3.05) is 19.8 Å². The Balaban J connectivity index is 3.42. The number of carbonyl (C=O) groups excluding carboxylic acids is 2. The third-order valence-corrected chi connectivity index (χ3v) is 2.26. The van der Waals surface area contributed by atoms with Gasteiger partial charge >= 0.3 is 0 Å². The van der Waals surface area contributed by atoms with E-state index in [2.05, 4.69) is 10.6 Å². The molecular formula is C11H22N2O4. The molecule has 0 saturated carbocycles. The topological polar surface area (TPSA) is 98.7 Å². The summed E-state index contributed by atoms with van der Waals surface area (Å²) in [6.07, 6.45) is 2.80. The van der Waals surface area contributed by atoms with Gasteiger partial charge in [0, 0.05) is 19.9 Å². The van der Waals surface area contributed by atoms with Crippen molar-refractivity contribution in [1.29, 1.82) is 0 Å². The van der Waals surface area contributed by atoms with Crippen LogP contribution in [-0.4, -0.2) is 47.8 Å². The average Bonchev–Trinajstić information content (AvgIpc) is 2.30. The molecule has 4 N–H and O–H groups in total. The Morgan fingerprint density at radius 1 is 1.12 bits per heavy atom. The maximum absolute atomic E-state index is 11.3. The van der Waals surface area contributed by atoms with Gasteiger partial charge in [-0.05, 0) is 12.8 Å². The molecule has 0 spiro atoms.